The fraction of sp³-hybridized carbons (Fsp3) is 0.235. The Hall–Kier alpha value is -5.26. The maximum Gasteiger partial charge on any atom is 0.323 e. The van der Waals surface area contributed by atoms with Gasteiger partial charge >= 0.3 is 6.03 Å². The van der Waals surface area contributed by atoms with E-state index in [1.807, 2.05) is 54.6 Å². The Morgan fingerprint density at radius 3 is 2.22 bits per heavy atom. The molecule has 228 valence electrons. The van der Waals surface area contributed by atoms with Crippen molar-refractivity contribution in [3.63, 3.8) is 0 Å². The average molecular weight is 605 g/mol. The lowest BCUT2D eigenvalue weighted by Gasteiger charge is -2.29. The van der Waals surface area contributed by atoms with E-state index < -0.39 is 12.1 Å². The van der Waals surface area contributed by atoms with E-state index in [0.29, 0.717) is 55.5 Å². The lowest BCUT2D eigenvalue weighted by molar-refractivity contribution is 0.0765. The third kappa shape index (κ3) is 6.21. The van der Waals surface area contributed by atoms with E-state index in [1.54, 1.807) is 35.4 Å². The molecule has 0 spiro atoms. The van der Waals surface area contributed by atoms with E-state index in [0.717, 1.165) is 46.7 Å². The molecular weight excluding hydrogens is 572 g/mol. The average Bonchev–Trinajstić information content (AvgIpc) is 3.77. The maximum atomic E-state index is 12.7. The highest BCUT2D eigenvalue weighted by Crippen LogP contribution is 2.32. The van der Waals surface area contributed by atoms with Crippen molar-refractivity contribution < 1.29 is 23.8 Å². The molecule has 2 aliphatic rings. The summed E-state index contributed by atoms with van der Waals surface area (Å²) in [6.07, 6.45) is 1.77. The number of furan rings is 1. The molecule has 2 aromatic heterocycles. The predicted molar refractivity (Wildman–Crippen MR) is 171 cm³/mol. The number of rotatable bonds is 6. The van der Waals surface area contributed by atoms with Crippen LogP contribution < -0.4 is 15.5 Å². The van der Waals surface area contributed by atoms with Crippen LogP contribution >= 0.6 is 0 Å². The molecule has 3 N–H and O–H groups in total. The first-order valence-corrected chi connectivity index (χ1v) is 14.9. The molecule has 3 aromatic carbocycles. The van der Waals surface area contributed by atoms with E-state index in [2.05, 4.69) is 15.5 Å². The number of hydrogen-bond acceptors (Lipinski definition) is 8. The molecule has 4 heterocycles. The minimum absolute atomic E-state index is 0.131. The Morgan fingerprint density at radius 1 is 0.844 bits per heavy atom. The van der Waals surface area contributed by atoms with Gasteiger partial charge < -0.3 is 34.7 Å². The van der Waals surface area contributed by atoms with E-state index in [1.165, 1.54) is 0 Å². The fourth-order valence-electron chi connectivity index (χ4n) is 5.66. The van der Waals surface area contributed by atoms with Crippen molar-refractivity contribution in [2.45, 2.75) is 12.5 Å². The first-order chi connectivity index (χ1) is 22.0. The molecule has 7 rings (SSSR count). The van der Waals surface area contributed by atoms with Crippen molar-refractivity contribution in [2.75, 3.05) is 54.9 Å². The Kier molecular flexibility index (Phi) is 7.85. The number of aliphatic hydroxyl groups is 1. The summed E-state index contributed by atoms with van der Waals surface area (Å²) in [4.78, 5) is 39.1. The van der Waals surface area contributed by atoms with Crippen LogP contribution in [0.25, 0.3) is 33.6 Å². The van der Waals surface area contributed by atoms with Crippen LogP contribution in [-0.4, -0.2) is 77.4 Å². The maximum absolute atomic E-state index is 12.7. The highest BCUT2D eigenvalue weighted by Gasteiger charge is 2.25. The van der Waals surface area contributed by atoms with Crippen molar-refractivity contribution >= 4 is 40.0 Å². The topological polar surface area (TPSA) is 133 Å². The van der Waals surface area contributed by atoms with Gasteiger partial charge in [0.2, 0.25) is 0 Å². The smallest absolute Gasteiger partial charge is 0.323 e. The molecule has 1 unspecified atom stereocenters. The van der Waals surface area contributed by atoms with Gasteiger partial charge in [0.05, 0.1) is 31.1 Å². The molecule has 2 fully saturated rings. The van der Waals surface area contributed by atoms with Gasteiger partial charge in [-0.25, -0.2) is 14.8 Å². The zero-order chi connectivity index (χ0) is 30.8. The van der Waals surface area contributed by atoms with Crippen LogP contribution in [0.4, 0.5) is 22.0 Å². The largest absolute Gasteiger partial charge is 0.464 e. The minimum atomic E-state index is -0.471. The normalized spacial score (nSPS) is 16.6. The van der Waals surface area contributed by atoms with E-state index in [-0.39, 0.29) is 5.91 Å². The summed E-state index contributed by atoms with van der Waals surface area (Å²) in [5.74, 6) is 2.07. The van der Waals surface area contributed by atoms with Gasteiger partial charge in [0.25, 0.3) is 5.91 Å². The van der Waals surface area contributed by atoms with Crippen LogP contribution in [-0.2, 0) is 4.74 Å². The Bertz CT molecular complexity index is 1820. The molecule has 11 nitrogen and oxygen atoms in total. The van der Waals surface area contributed by atoms with Crippen molar-refractivity contribution in [2.24, 2.45) is 0 Å². The van der Waals surface area contributed by atoms with Crippen molar-refractivity contribution in [3.05, 3.63) is 90.7 Å². The summed E-state index contributed by atoms with van der Waals surface area (Å²) < 4.78 is 11.2. The molecule has 0 aliphatic carbocycles. The molecule has 45 heavy (non-hydrogen) atoms. The van der Waals surface area contributed by atoms with E-state index >= 15 is 0 Å². The monoisotopic (exact) mass is 604 g/mol. The van der Waals surface area contributed by atoms with Crippen LogP contribution in [0, 0.1) is 0 Å². The third-order valence-electron chi connectivity index (χ3n) is 8.03. The molecule has 2 saturated heterocycles. The number of morpholine rings is 1. The third-order valence-corrected chi connectivity index (χ3v) is 8.03. The first kappa shape index (κ1) is 28.5. The summed E-state index contributed by atoms with van der Waals surface area (Å²) in [5, 5.41) is 16.3. The molecule has 0 radical (unpaired) electrons. The number of fused-ring (bicyclic) bond motifs is 1. The molecule has 2 aliphatic heterocycles. The Balaban J connectivity index is 1.07. The van der Waals surface area contributed by atoms with Gasteiger partial charge in [-0.15, -0.1) is 0 Å². The van der Waals surface area contributed by atoms with Gasteiger partial charge in [0.15, 0.2) is 5.82 Å². The molecule has 0 saturated carbocycles. The number of hydrogen-bond donors (Lipinski definition) is 3. The molecular formula is C34H32N6O5. The SMILES string of the molecule is O=C(Nc1ccc(C(=O)N2CCC(O)C2)cc1)Nc1ccc(-c2nc(N3CCOCC3)c3ccc(-c4ccco4)cc3n2)cc1. The number of amides is 3. The van der Waals surface area contributed by atoms with E-state index in [9.17, 15) is 14.7 Å². The van der Waals surface area contributed by atoms with Crippen LogP contribution in [0.1, 0.15) is 16.8 Å². The molecule has 3 amide bonds. The lowest BCUT2D eigenvalue weighted by Crippen LogP contribution is -2.37. The number of aliphatic hydroxyl groups excluding tert-OH is 1. The summed E-state index contributed by atoms with van der Waals surface area (Å²) in [6, 6.07) is 23.5. The quantitative estimate of drug-likeness (QED) is 0.240. The van der Waals surface area contributed by atoms with Crippen molar-refractivity contribution in [1.29, 1.82) is 0 Å². The number of carbonyl (C=O) groups is 2. The van der Waals surface area contributed by atoms with Crippen molar-refractivity contribution in [1.82, 2.24) is 14.9 Å². The van der Waals surface area contributed by atoms with Crippen LogP contribution in [0.3, 0.4) is 0 Å². The second-order valence-electron chi connectivity index (χ2n) is 11.1. The number of β-amino-alcohol motifs (C(OH)–C–C–N with tert-alkyl or cyclic N) is 1. The molecule has 1 atom stereocenters. The summed E-state index contributed by atoms with van der Waals surface area (Å²) >= 11 is 0. The number of aromatic nitrogens is 2. The summed E-state index contributed by atoms with van der Waals surface area (Å²) in [6.45, 7) is 3.64. The van der Waals surface area contributed by atoms with Crippen LogP contribution in [0.2, 0.25) is 0 Å². The summed E-state index contributed by atoms with van der Waals surface area (Å²) in [7, 11) is 0. The number of urea groups is 1. The fourth-order valence-corrected chi connectivity index (χ4v) is 5.66. The van der Waals surface area contributed by atoms with Crippen LogP contribution in [0.5, 0.6) is 0 Å². The molecule has 11 heteroatoms. The number of nitrogens with one attached hydrogen (secondary N) is 2. The van der Waals surface area contributed by atoms with Gasteiger partial charge in [0.1, 0.15) is 11.6 Å². The lowest BCUT2D eigenvalue weighted by atomic mass is 10.1. The van der Waals surface area contributed by atoms with Gasteiger partial charge in [-0.2, -0.15) is 0 Å². The number of likely N-dealkylation sites (tertiary alicyclic amines) is 1. The van der Waals surface area contributed by atoms with Crippen LogP contribution in [0.15, 0.2) is 89.5 Å². The molecule has 0 bridgehead atoms. The van der Waals surface area contributed by atoms with E-state index in [4.69, 9.17) is 19.1 Å². The number of benzene rings is 3. The summed E-state index contributed by atoms with van der Waals surface area (Å²) in [5.41, 5.74) is 4.22. The standard InChI is InChI=1S/C34H32N6O5/c41-27-13-14-40(21-27)33(42)23-5-10-26(11-6-23)36-34(43)35-25-8-3-22(4-9-25)31-37-29-20-24(30-2-1-17-45-30)7-12-28(29)32(38-31)39-15-18-44-19-16-39/h1-12,17,20,27,41H,13-16,18-19,21H2,(H2,35,36,43). The highest BCUT2D eigenvalue weighted by molar-refractivity contribution is 6.01. The number of ether oxygens (including phenoxy) is 1. The van der Waals surface area contributed by atoms with Gasteiger partial charge in [0, 0.05) is 59.6 Å². The van der Waals surface area contributed by atoms with Crippen molar-refractivity contribution in [3.8, 4) is 22.7 Å². The Labute approximate surface area is 259 Å². The van der Waals surface area contributed by atoms with Gasteiger partial charge in [-0.1, -0.05) is 6.07 Å². The minimum Gasteiger partial charge on any atom is -0.464 e. The zero-order valence-corrected chi connectivity index (χ0v) is 24.5. The second-order valence-corrected chi connectivity index (χ2v) is 11.1. The van der Waals surface area contributed by atoms with Gasteiger partial charge in [-0.3, -0.25) is 4.79 Å². The Morgan fingerprint density at radius 2 is 1.56 bits per heavy atom. The number of carbonyl (C=O) groups excluding carboxylic acids is 2. The van der Waals surface area contributed by atoms with Gasteiger partial charge in [-0.05, 0) is 79.2 Å². The predicted octanol–water partition coefficient (Wildman–Crippen LogP) is 5.24. The second kappa shape index (κ2) is 12.4. The number of anilines is 3. The molecule has 5 aromatic rings. The number of nitrogens with zero attached hydrogens (tertiary/aromatic N) is 4. The first-order valence-electron chi connectivity index (χ1n) is 14.9. The highest BCUT2D eigenvalue weighted by atomic mass is 16.5. The zero-order valence-electron chi connectivity index (χ0n) is 24.5.